The number of anilines is 2. The van der Waals surface area contributed by atoms with Crippen molar-refractivity contribution in [2.45, 2.75) is 19.8 Å². The van der Waals surface area contributed by atoms with E-state index in [1.165, 1.54) is 0 Å². The number of imide groups is 1. The van der Waals surface area contributed by atoms with Crippen molar-refractivity contribution in [3.05, 3.63) is 58.6 Å². The normalized spacial score (nSPS) is 13.9. The number of benzene rings is 2. The summed E-state index contributed by atoms with van der Waals surface area (Å²) in [5, 5.41) is 4.26. The van der Waals surface area contributed by atoms with Gasteiger partial charge < -0.3 is 10.2 Å². The van der Waals surface area contributed by atoms with Gasteiger partial charge in [-0.25, -0.2) is 4.79 Å². The summed E-state index contributed by atoms with van der Waals surface area (Å²) in [4.78, 5) is 40.6. The monoisotopic (exact) mass is 358 g/mol. The first-order valence-electron chi connectivity index (χ1n) is 7.66. The first-order chi connectivity index (χ1) is 12.0. The van der Waals surface area contributed by atoms with Crippen molar-refractivity contribution in [1.29, 1.82) is 0 Å². The summed E-state index contributed by atoms with van der Waals surface area (Å²) in [5.41, 5.74) is 2.25. The Hall–Kier alpha value is -2.86. The number of hydroxylamine groups is 2. The van der Waals surface area contributed by atoms with Crippen LogP contribution in [0.1, 0.15) is 28.8 Å². The average Bonchev–Trinajstić information content (AvgIpc) is 2.91. The van der Waals surface area contributed by atoms with E-state index in [0.29, 0.717) is 15.8 Å². The van der Waals surface area contributed by atoms with E-state index in [2.05, 4.69) is 5.32 Å². The smallest absolute Gasteiger partial charge is 0.355 e. The Morgan fingerprint density at radius 2 is 1.68 bits per heavy atom. The fraction of sp³-hybridized carbons (Fsp3) is 0.167. The summed E-state index contributed by atoms with van der Waals surface area (Å²) in [5.74, 6) is -1.82. The molecule has 0 aliphatic carbocycles. The van der Waals surface area contributed by atoms with Crippen LogP contribution in [0.5, 0.6) is 0 Å². The van der Waals surface area contributed by atoms with Gasteiger partial charge in [0.25, 0.3) is 11.8 Å². The molecule has 0 bridgehead atoms. The predicted octanol–water partition coefficient (Wildman–Crippen LogP) is 3.61. The van der Waals surface area contributed by atoms with Crippen molar-refractivity contribution < 1.29 is 19.2 Å². The Labute approximate surface area is 149 Å². The van der Waals surface area contributed by atoms with Gasteiger partial charge in [0.05, 0.1) is 11.3 Å². The Bertz CT molecular complexity index is 850. The summed E-state index contributed by atoms with van der Waals surface area (Å²) < 4.78 is 0. The van der Waals surface area contributed by atoms with Crippen LogP contribution in [0.2, 0.25) is 5.02 Å². The van der Waals surface area contributed by atoms with Gasteiger partial charge in [0.2, 0.25) is 0 Å². The molecule has 25 heavy (non-hydrogen) atoms. The number of nitrogens with one attached hydrogen (secondary N) is 1. The molecule has 128 valence electrons. The maximum atomic E-state index is 12.4. The Balaban J connectivity index is 1.85. The van der Waals surface area contributed by atoms with Gasteiger partial charge in [0.15, 0.2) is 0 Å². The Kier molecular flexibility index (Phi) is 4.72. The number of hydrogen-bond acceptors (Lipinski definition) is 5. The number of hydrogen-bond donors (Lipinski definition) is 1. The minimum atomic E-state index is -0.786. The van der Waals surface area contributed by atoms with E-state index in [-0.39, 0.29) is 18.4 Å². The number of carbonyl (C=O) groups excluding carboxylic acids is 3. The highest BCUT2D eigenvalue weighted by Crippen LogP contribution is 2.28. The maximum absolute atomic E-state index is 12.4. The quantitative estimate of drug-likeness (QED) is 0.845. The van der Waals surface area contributed by atoms with Crippen molar-refractivity contribution in [3.63, 3.8) is 0 Å². The average molecular weight is 359 g/mol. The zero-order valence-corrected chi connectivity index (χ0v) is 14.2. The van der Waals surface area contributed by atoms with Crippen LogP contribution >= 0.6 is 11.6 Å². The van der Waals surface area contributed by atoms with Gasteiger partial charge in [-0.2, -0.15) is 0 Å². The number of carbonyl (C=O) groups is 3. The van der Waals surface area contributed by atoms with E-state index in [4.69, 9.17) is 16.4 Å². The molecule has 2 amide bonds. The Morgan fingerprint density at radius 3 is 2.40 bits per heavy atom. The molecule has 1 aliphatic rings. The molecular weight excluding hydrogens is 344 g/mol. The summed E-state index contributed by atoms with van der Waals surface area (Å²) in [6.07, 6.45) is 0.0986. The second-order valence-electron chi connectivity index (χ2n) is 5.54. The molecule has 0 aromatic heterocycles. The van der Waals surface area contributed by atoms with E-state index in [1.807, 2.05) is 13.0 Å². The summed E-state index contributed by atoms with van der Waals surface area (Å²) in [6, 6.07) is 12.1. The molecule has 0 atom stereocenters. The molecule has 6 nitrogen and oxygen atoms in total. The lowest BCUT2D eigenvalue weighted by atomic mass is 10.1. The van der Waals surface area contributed by atoms with Crippen molar-refractivity contribution in [2.24, 2.45) is 0 Å². The van der Waals surface area contributed by atoms with Crippen LogP contribution in [0.4, 0.5) is 11.4 Å². The van der Waals surface area contributed by atoms with Crippen LogP contribution in [-0.2, 0) is 14.4 Å². The number of para-hydroxylation sites is 1. The van der Waals surface area contributed by atoms with Gasteiger partial charge >= 0.3 is 5.97 Å². The molecule has 1 N–H and O–H groups in total. The van der Waals surface area contributed by atoms with Gasteiger partial charge in [-0.3, -0.25) is 9.59 Å². The minimum absolute atomic E-state index is 0.0493. The molecule has 2 aromatic carbocycles. The molecule has 0 unspecified atom stereocenters. The van der Waals surface area contributed by atoms with Gasteiger partial charge in [-0.15, -0.1) is 5.06 Å². The van der Waals surface area contributed by atoms with E-state index in [9.17, 15) is 14.4 Å². The number of halogens is 1. The van der Waals surface area contributed by atoms with Crippen LogP contribution in [0.15, 0.2) is 42.5 Å². The molecule has 1 heterocycles. The molecular formula is C18H15ClN2O4. The lowest BCUT2D eigenvalue weighted by Crippen LogP contribution is -2.32. The van der Waals surface area contributed by atoms with E-state index in [0.717, 1.165) is 11.3 Å². The molecule has 7 heteroatoms. The standard InChI is InChI=1S/C18H15ClN2O4/c1-11-13(19)6-4-8-14(11)20-15-7-3-2-5-12(15)18(24)25-21-16(22)9-10-17(21)23/h2-8,20H,9-10H2,1H3. The Morgan fingerprint density at radius 1 is 1.04 bits per heavy atom. The number of amides is 2. The fourth-order valence-electron chi connectivity index (χ4n) is 2.45. The van der Waals surface area contributed by atoms with Gasteiger partial charge in [-0.1, -0.05) is 29.8 Å². The summed E-state index contributed by atoms with van der Waals surface area (Å²) in [7, 11) is 0. The highest BCUT2D eigenvalue weighted by Gasteiger charge is 2.33. The van der Waals surface area contributed by atoms with Crippen LogP contribution in [-0.4, -0.2) is 22.8 Å². The molecule has 0 spiro atoms. The van der Waals surface area contributed by atoms with Crippen molar-refractivity contribution in [1.82, 2.24) is 5.06 Å². The van der Waals surface area contributed by atoms with Gasteiger partial charge in [-0.05, 0) is 36.8 Å². The van der Waals surface area contributed by atoms with Crippen LogP contribution in [0, 0.1) is 6.92 Å². The topological polar surface area (TPSA) is 75.7 Å². The zero-order chi connectivity index (χ0) is 18.0. The third-order valence-corrected chi connectivity index (χ3v) is 4.27. The number of nitrogens with zero attached hydrogens (tertiary/aromatic N) is 1. The largest absolute Gasteiger partial charge is 0.366 e. The second-order valence-corrected chi connectivity index (χ2v) is 5.95. The van der Waals surface area contributed by atoms with Gasteiger partial charge in [0, 0.05) is 23.6 Å². The molecule has 2 aromatic rings. The van der Waals surface area contributed by atoms with Crippen LogP contribution < -0.4 is 5.32 Å². The lowest BCUT2D eigenvalue weighted by Gasteiger charge is -2.16. The highest BCUT2D eigenvalue weighted by atomic mass is 35.5. The van der Waals surface area contributed by atoms with E-state index < -0.39 is 17.8 Å². The molecule has 0 radical (unpaired) electrons. The van der Waals surface area contributed by atoms with E-state index >= 15 is 0 Å². The highest BCUT2D eigenvalue weighted by molar-refractivity contribution is 6.31. The van der Waals surface area contributed by atoms with Crippen molar-refractivity contribution >= 4 is 40.8 Å². The SMILES string of the molecule is Cc1c(Cl)cccc1Nc1ccccc1C(=O)ON1C(=O)CCC1=O. The van der Waals surface area contributed by atoms with Gasteiger partial charge in [0.1, 0.15) is 0 Å². The minimum Gasteiger partial charge on any atom is -0.355 e. The summed E-state index contributed by atoms with van der Waals surface area (Å²) >= 11 is 6.11. The van der Waals surface area contributed by atoms with Crippen molar-refractivity contribution in [2.75, 3.05) is 5.32 Å². The molecule has 3 rings (SSSR count). The molecule has 1 saturated heterocycles. The number of rotatable bonds is 4. The summed E-state index contributed by atoms with van der Waals surface area (Å²) in [6.45, 7) is 1.85. The van der Waals surface area contributed by atoms with E-state index in [1.54, 1.807) is 36.4 Å². The third-order valence-electron chi connectivity index (χ3n) is 3.86. The zero-order valence-electron chi connectivity index (χ0n) is 13.4. The molecule has 1 aliphatic heterocycles. The first-order valence-corrected chi connectivity index (χ1v) is 8.04. The van der Waals surface area contributed by atoms with Crippen LogP contribution in [0.3, 0.4) is 0 Å². The maximum Gasteiger partial charge on any atom is 0.366 e. The van der Waals surface area contributed by atoms with Crippen LogP contribution in [0.25, 0.3) is 0 Å². The second kappa shape index (κ2) is 6.94. The molecule has 1 fully saturated rings. The van der Waals surface area contributed by atoms with Crippen molar-refractivity contribution in [3.8, 4) is 0 Å². The fourth-order valence-corrected chi connectivity index (χ4v) is 2.62. The first kappa shape index (κ1) is 17.0. The lowest BCUT2D eigenvalue weighted by molar-refractivity contribution is -0.172. The third kappa shape index (κ3) is 3.49. The molecule has 0 saturated carbocycles. The predicted molar refractivity (Wildman–Crippen MR) is 92.4 cm³/mol.